The zero-order chi connectivity index (χ0) is 14.2. The number of pyridine rings is 1. The Morgan fingerprint density at radius 1 is 1.45 bits per heavy atom. The molecule has 1 N–H and O–H groups in total. The van der Waals surface area contributed by atoms with Gasteiger partial charge in [-0.2, -0.15) is 4.98 Å². The van der Waals surface area contributed by atoms with Gasteiger partial charge in [0.2, 0.25) is 11.8 Å². The van der Waals surface area contributed by atoms with Gasteiger partial charge in [-0.1, -0.05) is 6.07 Å². The summed E-state index contributed by atoms with van der Waals surface area (Å²) in [5.74, 6) is 1.48. The minimum absolute atomic E-state index is 0.154. The Balaban J connectivity index is 1.74. The molecule has 1 aromatic heterocycles. The fourth-order valence-electron chi connectivity index (χ4n) is 2.01. The zero-order valence-electron chi connectivity index (χ0n) is 11.8. The van der Waals surface area contributed by atoms with E-state index in [1.54, 1.807) is 0 Å². The quantitative estimate of drug-likeness (QED) is 0.846. The van der Waals surface area contributed by atoms with Crippen molar-refractivity contribution in [1.29, 1.82) is 0 Å². The van der Waals surface area contributed by atoms with Gasteiger partial charge in [0.15, 0.2) is 0 Å². The number of rotatable bonds is 6. The van der Waals surface area contributed by atoms with Crippen molar-refractivity contribution in [3.8, 4) is 5.88 Å². The number of hydrogen-bond acceptors (Lipinski definition) is 5. The van der Waals surface area contributed by atoms with Crippen LogP contribution in [0.3, 0.4) is 0 Å². The number of ether oxygens (including phenoxy) is 2. The largest absolute Gasteiger partial charge is 0.478 e. The van der Waals surface area contributed by atoms with Crippen molar-refractivity contribution in [2.24, 2.45) is 0 Å². The fourth-order valence-corrected chi connectivity index (χ4v) is 2.01. The van der Waals surface area contributed by atoms with Gasteiger partial charge >= 0.3 is 0 Å². The first kappa shape index (κ1) is 14.6. The van der Waals surface area contributed by atoms with E-state index in [1.807, 2.05) is 30.0 Å². The lowest BCUT2D eigenvalue weighted by molar-refractivity contribution is -0.134. The molecule has 0 aliphatic carbocycles. The molecule has 1 fully saturated rings. The lowest BCUT2D eigenvalue weighted by Gasteiger charge is -2.26. The second kappa shape index (κ2) is 7.69. The van der Waals surface area contributed by atoms with Gasteiger partial charge in [-0.05, 0) is 13.0 Å². The highest BCUT2D eigenvalue weighted by atomic mass is 16.5. The molecular weight excluding hydrogens is 258 g/mol. The fraction of sp³-hybridized carbons (Fsp3) is 0.571. The maximum atomic E-state index is 11.9. The monoisotopic (exact) mass is 279 g/mol. The lowest BCUT2D eigenvalue weighted by atomic mass is 10.3. The first-order chi connectivity index (χ1) is 9.79. The van der Waals surface area contributed by atoms with E-state index in [1.165, 1.54) is 0 Å². The molecule has 20 heavy (non-hydrogen) atoms. The molecule has 0 spiro atoms. The minimum Gasteiger partial charge on any atom is -0.478 e. The highest BCUT2D eigenvalue weighted by molar-refractivity contribution is 5.76. The van der Waals surface area contributed by atoms with Crippen molar-refractivity contribution in [2.75, 3.05) is 44.8 Å². The minimum atomic E-state index is 0.154. The second-order valence-corrected chi connectivity index (χ2v) is 4.46. The Hall–Kier alpha value is -1.82. The van der Waals surface area contributed by atoms with Crippen LogP contribution in [0.5, 0.6) is 5.88 Å². The third kappa shape index (κ3) is 4.38. The summed E-state index contributed by atoms with van der Waals surface area (Å²) < 4.78 is 10.6. The number of amides is 1. The number of nitrogens with zero attached hydrogens (tertiary/aromatic N) is 2. The van der Waals surface area contributed by atoms with E-state index in [0.29, 0.717) is 51.8 Å². The maximum Gasteiger partial charge on any atom is 0.224 e. The van der Waals surface area contributed by atoms with Gasteiger partial charge in [-0.15, -0.1) is 0 Å². The molecule has 0 aromatic carbocycles. The van der Waals surface area contributed by atoms with Crippen molar-refractivity contribution in [1.82, 2.24) is 9.88 Å². The Morgan fingerprint density at radius 2 is 2.25 bits per heavy atom. The average molecular weight is 279 g/mol. The van der Waals surface area contributed by atoms with Crippen LogP contribution in [0.1, 0.15) is 13.3 Å². The second-order valence-electron chi connectivity index (χ2n) is 4.46. The molecule has 2 rings (SSSR count). The van der Waals surface area contributed by atoms with Crippen LogP contribution >= 0.6 is 0 Å². The van der Waals surface area contributed by atoms with Crippen LogP contribution in [0, 0.1) is 0 Å². The van der Waals surface area contributed by atoms with Gasteiger partial charge < -0.3 is 19.7 Å². The van der Waals surface area contributed by atoms with Crippen LogP contribution in [-0.4, -0.2) is 55.2 Å². The molecule has 6 heteroatoms. The van der Waals surface area contributed by atoms with Gasteiger partial charge in [-0.3, -0.25) is 4.79 Å². The molecule has 110 valence electrons. The van der Waals surface area contributed by atoms with Crippen LogP contribution in [-0.2, 0) is 9.53 Å². The zero-order valence-corrected chi connectivity index (χ0v) is 11.8. The molecule has 1 saturated heterocycles. The van der Waals surface area contributed by atoms with E-state index in [0.717, 1.165) is 5.82 Å². The maximum absolute atomic E-state index is 11.9. The summed E-state index contributed by atoms with van der Waals surface area (Å²) in [6.45, 7) is 5.73. The SMILES string of the molecule is CCOc1cccc(NCCC(=O)N2CCOCC2)n1. The highest BCUT2D eigenvalue weighted by Gasteiger charge is 2.15. The van der Waals surface area contributed by atoms with Crippen LogP contribution in [0.25, 0.3) is 0 Å². The predicted octanol–water partition coefficient (Wildman–Crippen LogP) is 1.14. The third-order valence-corrected chi connectivity index (χ3v) is 3.02. The summed E-state index contributed by atoms with van der Waals surface area (Å²) in [5.41, 5.74) is 0. The van der Waals surface area contributed by atoms with Crippen LogP contribution in [0.4, 0.5) is 5.82 Å². The van der Waals surface area contributed by atoms with E-state index in [2.05, 4.69) is 10.3 Å². The number of anilines is 1. The number of hydrogen-bond donors (Lipinski definition) is 1. The number of morpholine rings is 1. The van der Waals surface area contributed by atoms with E-state index in [9.17, 15) is 4.79 Å². The van der Waals surface area contributed by atoms with Crippen LogP contribution < -0.4 is 10.1 Å². The Morgan fingerprint density at radius 3 is 3.00 bits per heavy atom. The van der Waals surface area contributed by atoms with Crippen molar-refractivity contribution in [3.63, 3.8) is 0 Å². The van der Waals surface area contributed by atoms with Crippen LogP contribution in [0.2, 0.25) is 0 Å². The number of carbonyl (C=O) groups excluding carboxylic acids is 1. The highest BCUT2D eigenvalue weighted by Crippen LogP contribution is 2.11. The molecule has 0 bridgehead atoms. The van der Waals surface area contributed by atoms with E-state index < -0.39 is 0 Å². The summed E-state index contributed by atoms with van der Waals surface area (Å²) in [4.78, 5) is 18.1. The molecule has 1 aromatic rings. The molecule has 0 saturated carbocycles. The molecule has 2 heterocycles. The van der Waals surface area contributed by atoms with E-state index in [-0.39, 0.29) is 5.91 Å². The number of carbonyl (C=O) groups is 1. The lowest BCUT2D eigenvalue weighted by Crippen LogP contribution is -2.41. The van der Waals surface area contributed by atoms with Gasteiger partial charge in [0.05, 0.1) is 19.8 Å². The number of nitrogens with one attached hydrogen (secondary N) is 1. The van der Waals surface area contributed by atoms with E-state index in [4.69, 9.17) is 9.47 Å². The normalized spacial score (nSPS) is 14.9. The summed E-state index contributed by atoms with van der Waals surface area (Å²) in [6.07, 6.45) is 0.459. The van der Waals surface area contributed by atoms with Crippen molar-refractivity contribution in [2.45, 2.75) is 13.3 Å². The Bertz CT molecular complexity index is 433. The van der Waals surface area contributed by atoms with Crippen molar-refractivity contribution >= 4 is 11.7 Å². The average Bonchev–Trinajstić information content (AvgIpc) is 2.49. The molecule has 0 radical (unpaired) electrons. The first-order valence-electron chi connectivity index (χ1n) is 6.99. The molecule has 6 nitrogen and oxygen atoms in total. The van der Waals surface area contributed by atoms with Crippen molar-refractivity contribution in [3.05, 3.63) is 18.2 Å². The summed E-state index contributed by atoms with van der Waals surface area (Å²) in [7, 11) is 0. The van der Waals surface area contributed by atoms with E-state index >= 15 is 0 Å². The molecule has 0 unspecified atom stereocenters. The van der Waals surface area contributed by atoms with Gasteiger partial charge in [0.25, 0.3) is 0 Å². The summed E-state index contributed by atoms with van der Waals surface area (Å²) in [6, 6.07) is 5.55. The van der Waals surface area contributed by atoms with Gasteiger partial charge in [-0.25, -0.2) is 0 Å². The summed E-state index contributed by atoms with van der Waals surface area (Å²) >= 11 is 0. The molecular formula is C14H21N3O3. The van der Waals surface area contributed by atoms with Crippen LogP contribution in [0.15, 0.2) is 18.2 Å². The Kier molecular flexibility index (Phi) is 5.61. The van der Waals surface area contributed by atoms with Gasteiger partial charge in [0, 0.05) is 32.1 Å². The summed E-state index contributed by atoms with van der Waals surface area (Å²) in [5, 5.41) is 3.14. The number of aromatic nitrogens is 1. The third-order valence-electron chi connectivity index (χ3n) is 3.02. The first-order valence-corrected chi connectivity index (χ1v) is 6.99. The molecule has 0 atom stereocenters. The standard InChI is InChI=1S/C14H21N3O3/c1-2-20-13-5-3-4-12(16-13)15-7-6-14(18)17-8-10-19-11-9-17/h3-5H,2,6-11H2,1H3,(H,15,16). The predicted molar refractivity (Wildman–Crippen MR) is 75.9 cm³/mol. The van der Waals surface area contributed by atoms with Crippen molar-refractivity contribution < 1.29 is 14.3 Å². The molecule has 1 aliphatic rings. The molecule has 1 aliphatic heterocycles. The molecule has 1 amide bonds. The topological polar surface area (TPSA) is 63.7 Å². The van der Waals surface area contributed by atoms with Gasteiger partial charge in [0.1, 0.15) is 5.82 Å². The smallest absolute Gasteiger partial charge is 0.224 e. The Labute approximate surface area is 119 Å².